The summed E-state index contributed by atoms with van der Waals surface area (Å²) < 4.78 is 0. The second kappa shape index (κ2) is 4.35. The topological polar surface area (TPSA) is 62.1 Å². The predicted octanol–water partition coefficient (Wildman–Crippen LogP) is 2.26. The lowest BCUT2D eigenvalue weighted by Crippen LogP contribution is -2.50. The number of hydrogen-bond donors (Lipinski definition) is 2. The molecule has 2 fully saturated rings. The molecule has 2 aliphatic rings. The molecule has 2 bridgehead atoms. The molecule has 20 heavy (non-hydrogen) atoms. The third kappa shape index (κ3) is 1.75. The molecule has 4 heteroatoms. The van der Waals surface area contributed by atoms with Crippen molar-refractivity contribution in [1.29, 1.82) is 0 Å². The molecule has 1 aromatic carbocycles. The Morgan fingerprint density at radius 2 is 1.95 bits per heavy atom. The number of H-pyrrole nitrogens is 1. The predicted molar refractivity (Wildman–Crippen MR) is 78.5 cm³/mol. The molecule has 4 rings (SSSR count). The summed E-state index contributed by atoms with van der Waals surface area (Å²) in [6, 6.07) is 8.88. The van der Waals surface area contributed by atoms with E-state index in [-0.39, 0.29) is 11.9 Å². The van der Waals surface area contributed by atoms with E-state index in [1.807, 2.05) is 30.5 Å². The lowest BCUT2D eigenvalue weighted by molar-refractivity contribution is 0.0575. The van der Waals surface area contributed by atoms with Gasteiger partial charge in [0.2, 0.25) is 0 Å². The highest BCUT2D eigenvalue weighted by Crippen LogP contribution is 2.36. The number of piperidine rings is 1. The van der Waals surface area contributed by atoms with Gasteiger partial charge in [0.1, 0.15) is 0 Å². The highest BCUT2D eigenvalue weighted by molar-refractivity contribution is 5.98. The van der Waals surface area contributed by atoms with Gasteiger partial charge in [-0.3, -0.25) is 4.79 Å². The van der Waals surface area contributed by atoms with Crippen LogP contribution in [0.15, 0.2) is 30.5 Å². The van der Waals surface area contributed by atoms with Gasteiger partial charge in [-0.2, -0.15) is 0 Å². The Morgan fingerprint density at radius 3 is 2.70 bits per heavy atom. The van der Waals surface area contributed by atoms with Gasteiger partial charge in [0.15, 0.2) is 0 Å². The zero-order chi connectivity index (χ0) is 13.7. The molecule has 2 aliphatic heterocycles. The third-order valence-corrected chi connectivity index (χ3v) is 4.81. The molecule has 0 aliphatic carbocycles. The normalized spacial score (nSPS) is 29.1. The number of aromatic nitrogens is 1. The summed E-state index contributed by atoms with van der Waals surface area (Å²) in [5.74, 6) is 0.168. The average Bonchev–Trinajstić information content (AvgIpc) is 3.00. The summed E-state index contributed by atoms with van der Waals surface area (Å²) in [5.41, 5.74) is 7.88. The maximum absolute atomic E-state index is 12.8. The number of hydrogen-bond acceptors (Lipinski definition) is 2. The Kier molecular flexibility index (Phi) is 2.60. The molecule has 1 amide bonds. The Labute approximate surface area is 117 Å². The van der Waals surface area contributed by atoms with E-state index in [1.54, 1.807) is 0 Å². The Hall–Kier alpha value is -1.81. The number of amides is 1. The quantitative estimate of drug-likeness (QED) is 0.834. The van der Waals surface area contributed by atoms with E-state index >= 15 is 0 Å². The van der Waals surface area contributed by atoms with Crippen LogP contribution in [0.1, 0.15) is 36.0 Å². The molecule has 0 radical (unpaired) electrons. The van der Waals surface area contributed by atoms with Gasteiger partial charge in [0.05, 0.1) is 0 Å². The highest BCUT2D eigenvalue weighted by atomic mass is 16.2. The highest BCUT2D eigenvalue weighted by Gasteiger charge is 2.42. The summed E-state index contributed by atoms with van der Waals surface area (Å²) in [7, 11) is 0. The molecular weight excluding hydrogens is 250 g/mol. The van der Waals surface area contributed by atoms with E-state index in [0.717, 1.165) is 42.1 Å². The fraction of sp³-hybridized carbons (Fsp3) is 0.438. The molecule has 2 aromatic rings. The molecule has 1 aromatic heterocycles. The van der Waals surface area contributed by atoms with E-state index in [2.05, 4.69) is 9.88 Å². The van der Waals surface area contributed by atoms with Crippen LogP contribution < -0.4 is 5.73 Å². The molecular formula is C16H19N3O. The number of nitrogens with zero attached hydrogens (tertiary/aromatic N) is 1. The number of benzene rings is 1. The molecule has 2 saturated heterocycles. The largest absolute Gasteiger partial charge is 0.361 e. The summed E-state index contributed by atoms with van der Waals surface area (Å²) in [6.45, 7) is 0. The molecule has 104 valence electrons. The Morgan fingerprint density at radius 1 is 1.20 bits per heavy atom. The fourth-order valence-electron chi connectivity index (χ4n) is 3.88. The van der Waals surface area contributed by atoms with Crippen LogP contribution in [-0.4, -0.2) is 33.9 Å². The van der Waals surface area contributed by atoms with Crippen molar-refractivity contribution >= 4 is 16.8 Å². The minimum Gasteiger partial charge on any atom is -0.361 e. The molecule has 0 saturated carbocycles. The van der Waals surface area contributed by atoms with Crippen molar-refractivity contribution in [1.82, 2.24) is 9.88 Å². The maximum atomic E-state index is 12.8. The Bertz CT molecular complexity index is 649. The molecule has 2 atom stereocenters. The van der Waals surface area contributed by atoms with Crippen molar-refractivity contribution < 1.29 is 4.79 Å². The van der Waals surface area contributed by atoms with E-state index < -0.39 is 0 Å². The van der Waals surface area contributed by atoms with Crippen LogP contribution in [0, 0.1) is 0 Å². The van der Waals surface area contributed by atoms with Gasteiger partial charge in [0.25, 0.3) is 5.91 Å². The standard InChI is InChI=1S/C16H19N3O/c17-12-8-13-3-4-14(9-12)19(13)16(20)11-2-1-10-5-6-18-15(10)7-11/h1-2,5-7,12-14,18H,3-4,8-9,17H2. The van der Waals surface area contributed by atoms with Gasteiger partial charge in [-0.15, -0.1) is 0 Å². The minimum absolute atomic E-state index is 0.168. The van der Waals surface area contributed by atoms with Crippen LogP contribution in [0.25, 0.3) is 10.9 Å². The van der Waals surface area contributed by atoms with Crippen LogP contribution in [0.5, 0.6) is 0 Å². The molecule has 3 N–H and O–H groups in total. The fourth-order valence-corrected chi connectivity index (χ4v) is 3.88. The molecule has 4 nitrogen and oxygen atoms in total. The first-order valence-electron chi connectivity index (χ1n) is 7.38. The second-order valence-electron chi connectivity index (χ2n) is 6.11. The van der Waals surface area contributed by atoms with E-state index in [0.29, 0.717) is 12.1 Å². The van der Waals surface area contributed by atoms with Crippen LogP contribution in [-0.2, 0) is 0 Å². The monoisotopic (exact) mass is 269 g/mol. The zero-order valence-corrected chi connectivity index (χ0v) is 11.4. The lowest BCUT2D eigenvalue weighted by atomic mass is 9.97. The van der Waals surface area contributed by atoms with Crippen molar-refractivity contribution in [2.45, 2.75) is 43.8 Å². The number of carbonyl (C=O) groups is 1. The van der Waals surface area contributed by atoms with E-state index in [9.17, 15) is 4.79 Å². The average molecular weight is 269 g/mol. The van der Waals surface area contributed by atoms with Gasteiger partial charge in [-0.1, -0.05) is 6.07 Å². The van der Waals surface area contributed by atoms with Crippen molar-refractivity contribution in [2.24, 2.45) is 5.73 Å². The van der Waals surface area contributed by atoms with Crippen LogP contribution in [0.3, 0.4) is 0 Å². The van der Waals surface area contributed by atoms with Crippen LogP contribution in [0.4, 0.5) is 0 Å². The van der Waals surface area contributed by atoms with Gasteiger partial charge >= 0.3 is 0 Å². The zero-order valence-electron chi connectivity index (χ0n) is 11.4. The van der Waals surface area contributed by atoms with Gasteiger partial charge in [0, 0.05) is 35.4 Å². The van der Waals surface area contributed by atoms with Gasteiger partial charge < -0.3 is 15.6 Å². The van der Waals surface area contributed by atoms with Crippen molar-refractivity contribution in [3.05, 3.63) is 36.0 Å². The third-order valence-electron chi connectivity index (χ3n) is 4.81. The number of nitrogens with one attached hydrogen (secondary N) is 1. The minimum atomic E-state index is 0.168. The Balaban J connectivity index is 1.66. The van der Waals surface area contributed by atoms with Gasteiger partial charge in [-0.05, 0) is 49.3 Å². The summed E-state index contributed by atoms with van der Waals surface area (Å²) in [5, 5.41) is 1.14. The number of fused-ring (bicyclic) bond motifs is 3. The number of aromatic amines is 1. The molecule has 2 unspecified atom stereocenters. The van der Waals surface area contributed by atoms with E-state index in [1.165, 1.54) is 0 Å². The SMILES string of the molecule is NC1CC2CCC(C1)N2C(=O)c1ccc2cc[nH]c2c1. The summed E-state index contributed by atoms with van der Waals surface area (Å²) in [6.07, 6.45) is 6.02. The maximum Gasteiger partial charge on any atom is 0.254 e. The smallest absolute Gasteiger partial charge is 0.254 e. The summed E-state index contributed by atoms with van der Waals surface area (Å²) in [4.78, 5) is 18.1. The first kappa shape index (κ1) is 12.0. The van der Waals surface area contributed by atoms with Crippen molar-refractivity contribution in [3.8, 4) is 0 Å². The molecule has 3 heterocycles. The second-order valence-corrected chi connectivity index (χ2v) is 6.11. The lowest BCUT2D eigenvalue weighted by Gasteiger charge is -2.37. The van der Waals surface area contributed by atoms with E-state index in [4.69, 9.17) is 5.73 Å². The summed E-state index contributed by atoms with van der Waals surface area (Å²) >= 11 is 0. The van der Waals surface area contributed by atoms with Crippen LogP contribution in [0.2, 0.25) is 0 Å². The van der Waals surface area contributed by atoms with Crippen LogP contribution >= 0.6 is 0 Å². The van der Waals surface area contributed by atoms with Crippen molar-refractivity contribution in [2.75, 3.05) is 0 Å². The number of rotatable bonds is 1. The van der Waals surface area contributed by atoms with Gasteiger partial charge in [-0.25, -0.2) is 0 Å². The number of carbonyl (C=O) groups excluding carboxylic acids is 1. The first-order chi connectivity index (χ1) is 9.72. The van der Waals surface area contributed by atoms with Crippen molar-refractivity contribution in [3.63, 3.8) is 0 Å². The molecule has 0 spiro atoms. The first-order valence-corrected chi connectivity index (χ1v) is 7.38. The number of nitrogens with two attached hydrogens (primary N) is 1.